The lowest BCUT2D eigenvalue weighted by Crippen LogP contribution is -2.49. The molecule has 0 amide bonds. The third kappa shape index (κ3) is 4.38. The zero-order valence-electron chi connectivity index (χ0n) is 14.5. The van der Waals surface area contributed by atoms with E-state index in [4.69, 9.17) is 0 Å². The summed E-state index contributed by atoms with van der Waals surface area (Å²) in [7, 11) is 1.64. The number of aryl methyl sites for hydroxylation is 1. The first-order chi connectivity index (χ1) is 12.0. The fourth-order valence-corrected chi connectivity index (χ4v) is 3.48. The lowest BCUT2D eigenvalue weighted by Gasteiger charge is -2.36. The SMILES string of the molecule is CC(CN1CCN(c2ccccn2)CC1)Nc1cnn(C)c(=O)c1Br. The number of rotatable bonds is 5. The molecule has 2 aromatic heterocycles. The molecule has 0 bridgehead atoms. The predicted molar refractivity (Wildman–Crippen MR) is 103 cm³/mol. The zero-order chi connectivity index (χ0) is 17.8. The van der Waals surface area contributed by atoms with Crippen molar-refractivity contribution in [3.05, 3.63) is 45.4 Å². The number of nitrogens with zero attached hydrogens (tertiary/aromatic N) is 5. The minimum Gasteiger partial charge on any atom is -0.379 e. The minimum absolute atomic E-state index is 0.138. The number of hydrogen-bond donors (Lipinski definition) is 1. The van der Waals surface area contributed by atoms with E-state index in [0.717, 1.165) is 44.2 Å². The van der Waals surface area contributed by atoms with Crippen molar-refractivity contribution in [2.24, 2.45) is 7.05 Å². The average molecular weight is 407 g/mol. The highest BCUT2D eigenvalue weighted by molar-refractivity contribution is 9.10. The molecule has 1 atom stereocenters. The van der Waals surface area contributed by atoms with Crippen LogP contribution >= 0.6 is 15.9 Å². The Kier molecular flexibility index (Phi) is 5.70. The van der Waals surface area contributed by atoms with Gasteiger partial charge in [-0.05, 0) is 35.0 Å². The van der Waals surface area contributed by atoms with Gasteiger partial charge in [0.05, 0.1) is 11.9 Å². The molecule has 0 aromatic carbocycles. The van der Waals surface area contributed by atoms with Gasteiger partial charge in [-0.1, -0.05) is 6.07 Å². The third-order valence-electron chi connectivity index (χ3n) is 4.36. The van der Waals surface area contributed by atoms with Crippen LogP contribution in [0.3, 0.4) is 0 Å². The number of piperazine rings is 1. The number of aromatic nitrogens is 3. The summed E-state index contributed by atoms with van der Waals surface area (Å²) in [6.07, 6.45) is 3.52. The van der Waals surface area contributed by atoms with E-state index in [-0.39, 0.29) is 11.6 Å². The van der Waals surface area contributed by atoms with Crippen molar-refractivity contribution >= 4 is 27.4 Å². The van der Waals surface area contributed by atoms with Gasteiger partial charge in [-0.25, -0.2) is 9.67 Å². The Morgan fingerprint density at radius 1 is 1.28 bits per heavy atom. The summed E-state index contributed by atoms with van der Waals surface area (Å²) in [5.41, 5.74) is 0.601. The second-order valence-corrected chi connectivity index (χ2v) is 7.11. The molecule has 1 aliphatic heterocycles. The first-order valence-electron chi connectivity index (χ1n) is 8.41. The summed E-state index contributed by atoms with van der Waals surface area (Å²) in [6.45, 7) is 6.98. The normalized spacial score (nSPS) is 16.7. The van der Waals surface area contributed by atoms with Crippen LogP contribution in [-0.4, -0.2) is 58.4 Å². The van der Waals surface area contributed by atoms with Crippen LogP contribution in [0.5, 0.6) is 0 Å². The van der Waals surface area contributed by atoms with E-state index in [1.807, 2.05) is 18.3 Å². The van der Waals surface area contributed by atoms with E-state index in [0.29, 0.717) is 4.47 Å². The predicted octanol–water partition coefficient (Wildman–Crippen LogP) is 1.56. The van der Waals surface area contributed by atoms with Gasteiger partial charge in [-0.15, -0.1) is 0 Å². The number of nitrogens with one attached hydrogen (secondary N) is 1. The smallest absolute Gasteiger partial charge is 0.282 e. The Balaban J connectivity index is 1.52. The van der Waals surface area contributed by atoms with E-state index >= 15 is 0 Å². The molecule has 25 heavy (non-hydrogen) atoms. The summed E-state index contributed by atoms with van der Waals surface area (Å²) >= 11 is 3.36. The first kappa shape index (κ1) is 17.9. The fourth-order valence-electron chi connectivity index (χ4n) is 3.01. The van der Waals surface area contributed by atoms with Gasteiger partial charge in [-0.3, -0.25) is 9.69 Å². The van der Waals surface area contributed by atoms with Gasteiger partial charge in [0, 0.05) is 52.0 Å². The Bertz CT molecular complexity index is 757. The average Bonchev–Trinajstić information content (AvgIpc) is 2.63. The summed E-state index contributed by atoms with van der Waals surface area (Å²) < 4.78 is 1.84. The zero-order valence-corrected chi connectivity index (χ0v) is 16.1. The highest BCUT2D eigenvalue weighted by Crippen LogP contribution is 2.18. The third-order valence-corrected chi connectivity index (χ3v) is 5.12. The summed E-state index contributed by atoms with van der Waals surface area (Å²) in [4.78, 5) is 21.1. The van der Waals surface area contributed by atoms with E-state index in [1.54, 1.807) is 13.2 Å². The topological polar surface area (TPSA) is 66.3 Å². The van der Waals surface area contributed by atoms with E-state index in [1.165, 1.54) is 4.68 Å². The molecule has 1 N–H and O–H groups in total. The molecule has 1 unspecified atom stereocenters. The molecule has 0 aliphatic carbocycles. The molecule has 0 spiro atoms. The fraction of sp³-hybridized carbons (Fsp3) is 0.471. The van der Waals surface area contributed by atoms with Crippen molar-refractivity contribution in [3.63, 3.8) is 0 Å². The second kappa shape index (κ2) is 7.97. The highest BCUT2D eigenvalue weighted by Gasteiger charge is 2.20. The maximum absolute atomic E-state index is 11.9. The second-order valence-electron chi connectivity index (χ2n) is 6.32. The minimum atomic E-state index is -0.138. The van der Waals surface area contributed by atoms with Gasteiger partial charge in [0.25, 0.3) is 5.56 Å². The van der Waals surface area contributed by atoms with Crippen LogP contribution in [0.15, 0.2) is 39.9 Å². The molecule has 7 nitrogen and oxygen atoms in total. The van der Waals surface area contributed by atoms with Crippen molar-refractivity contribution in [2.75, 3.05) is 42.9 Å². The lowest BCUT2D eigenvalue weighted by atomic mass is 10.2. The van der Waals surface area contributed by atoms with Gasteiger partial charge < -0.3 is 10.2 Å². The number of pyridine rings is 1. The van der Waals surface area contributed by atoms with Gasteiger partial charge in [-0.2, -0.15) is 5.10 Å². The van der Waals surface area contributed by atoms with Crippen LogP contribution in [-0.2, 0) is 7.05 Å². The number of halogens is 1. The highest BCUT2D eigenvalue weighted by atomic mass is 79.9. The Morgan fingerprint density at radius 2 is 2.04 bits per heavy atom. The van der Waals surface area contributed by atoms with Gasteiger partial charge in [0.2, 0.25) is 0 Å². The molecule has 1 fully saturated rings. The van der Waals surface area contributed by atoms with Crippen LogP contribution in [0, 0.1) is 0 Å². The van der Waals surface area contributed by atoms with Crippen LogP contribution in [0.4, 0.5) is 11.5 Å². The van der Waals surface area contributed by atoms with Crippen molar-refractivity contribution < 1.29 is 0 Å². The monoisotopic (exact) mass is 406 g/mol. The van der Waals surface area contributed by atoms with Crippen LogP contribution in [0.25, 0.3) is 0 Å². The molecule has 134 valence electrons. The molecule has 2 aromatic rings. The Morgan fingerprint density at radius 3 is 2.72 bits per heavy atom. The Hall–Kier alpha value is -1.93. The number of anilines is 2. The molecule has 1 saturated heterocycles. The van der Waals surface area contributed by atoms with Gasteiger partial charge >= 0.3 is 0 Å². The molecule has 1 aliphatic rings. The summed E-state index contributed by atoms with van der Waals surface area (Å²) in [6, 6.07) is 6.24. The van der Waals surface area contributed by atoms with Crippen molar-refractivity contribution in [1.29, 1.82) is 0 Å². The first-order valence-corrected chi connectivity index (χ1v) is 9.20. The van der Waals surface area contributed by atoms with Crippen molar-refractivity contribution in [1.82, 2.24) is 19.7 Å². The van der Waals surface area contributed by atoms with E-state index < -0.39 is 0 Å². The van der Waals surface area contributed by atoms with Gasteiger partial charge in [0.15, 0.2) is 0 Å². The molecule has 0 saturated carbocycles. The van der Waals surface area contributed by atoms with Crippen LogP contribution < -0.4 is 15.8 Å². The molecular weight excluding hydrogens is 384 g/mol. The maximum atomic E-state index is 11.9. The van der Waals surface area contributed by atoms with Crippen LogP contribution in [0.2, 0.25) is 0 Å². The van der Waals surface area contributed by atoms with E-state index in [9.17, 15) is 4.79 Å². The van der Waals surface area contributed by atoms with E-state index in [2.05, 4.69) is 54.1 Å². The van der Waals surface area contributed by atoms with Crippen molar-refractivity contribution in [2.45, 2.75) is 13.0 Å². The Labute approximate surface area is 155 Å². The number of hydrogen-bond acceptors (Lipinski definition) is 6. The molecule has 3 heterocycles. The molecule has 0 radical (unpaired) electrons. The standard InChI is InChI=1S/C17H23BrN6O/c1-13(21-14-11-20-22(2)17(25)16(14)18)12-23-7-9-24(10-8-23)15-5-3-4-6-19-15/h3-6,11,13,21H,7-10,12H2,1-2H3. The molecular formula is C17H23BrN6O. The summed E-state index contributed by atoms with van der Waals surface area (Å²) in [5.74, 6) is 1.04. The largest absolute Gasteiger partial charge is 0.379 e. The summed E-state index contributed by atoms with van der Waals surface area (Å²) in [5, 5.41) is 7.45. The molecule has 8 heteroatoms. The van der Waals surface area contributed by atoms with Crippen LogP contribution in [0.1, 0.15) is 6.92 Å². The lowest BCUT2D eigenvalue weighted by molar-refractivity contribution is 0.250. The van der Waals surface area contributed by atoms with Crippen molar-refractivity contribution in [3.8, 4) is 0 Å². The maximum Gasteiger partial charge on any atom is 0.282 e. The molecule has 3 rings (SSSR count). The quantitative estimate of drug-likeness (QED) is 0.812. The van der Waals surface area contributed by atoms with Gasteiger partial charge in [0.1, 0.15) is 10.3 Å².